The number of benzene rings is 1. The fraction of sp³-hybridized carbons (Fsp3) is 0.353. The van der Waals surface area contributed by atoms with E-state index < -0.39 is 0 Å². The maximum atomic E-state index is 12.7. The van der Waals surface area contributed by atoms with Gasteiger partial charge in [0.05, 0.1) is 19.1 Å². The highest BCUT2D eigenvalue weighted by molar-refractivity contribution is 6.29. The Labute approximate surface area is 140 Å². The number of halogens is 1. The number of aryl methyl sites for hydroxylation is 2. The van der Waals surface area contributed by atoms with E-state index in [1.165, 1.54) is 17.5 Å². The maximum Gasteiger partial charge on any atom is 0.225 e. The Kier molecular flexibility index (Phi) is 4.76. The topological polar surface area (TPSA) is 51.0 Å². The summed E-state index contributed by atoms with van der Waals surface area (Å²) in [7, 11) is 0. The Hall–Kier alpha value is -2.14. The zero-order valence-corrected chi connectivity index (χ0v) is 13.6. The van der Waals surface area contributed by atoms with Crippen LogP contribution in [0.25, 0.3) is 0 Å². The van der Waals surface area contributed by atoms with Crippen LogP contribution in [0.3, 0.4) is 0 Å². The van der Waals surface area contributed by atoms with Gasteiger partial charge >= 0.3 is 0 Å². The van der Waals surface area contributed by atoms with Gasteiger partial charge < -0.3 is 4.90 Å². The Bertz CT molecular complexity index is 698. The van der Waals surface area contributed by atoms with Gasteiger partial charge in [-0.2, -0.15) is 5.10 Å². The lowest BCUT2D eigenvalue weighted by atomic mass is 10.1. The third-order valence-electron chi connectivity index (χ3n) is 4.16. The molecule has 0 fully saturated rings. The number of rotatable bonds is 6. The van der Waals surface area contributed by atoms with E-state index in [1.54, 1.807) is 11.0 Å². The summed E-state index contributed by atoms with van der Waals surface area (Å²) in [6, 6.07) is 8.36. The number of fused-ring (bicyclic) bond motifs is 1. The second-order valence-electron chi connectivity index (χ2n) is 5.70. The second kappa shape index (κ2) is 6.96. The van der Waals surface area contributed by atoms with Gasteiger partial charge in [-0.05, 0) is 24.0 Å². The summed E-state index contributed by atoms with van der Waals surface area (Å²) in [4.78, 5) is 18.5. The molecular weight excluding hydrogens is 312 g/mol. The molecule has 120 valence electrons. The summed E-state index contributed by atoms with van der Waals surface area (Å²) in [5, 5.41) is 4.51. The van der Waals surface area contributed by atoms with Gasteiger partial charge in [0.1, 0.15) is 12.7 Å². The molecule has 0 radical (unpaired) electrons. The molecule has 1 aliphatic rings. The number of nitrogens with zero attached hydrogens (tertiary/aromatic N) is 4. The molecule has 1 amide bonds. The fourth-order valence-electron chi connectivity index (χ4n) is 3.12. The lowest BCUT2D eigenvalue weighted by Gasteiger charge is -2.29. The van der Waals surface area contributed by atoms with Crippen molar-refractivity contribution in [1.82, 2.24) is 19.7 Å². The highest BCUT2D eigenvalue weighted by Crippen LogP contribution is 2.36. The summed E-state index contributed by atoms with van der Waals surface area (Å²) < 4.78 is 1.66. The van der Waals surface area contributed by atoms with Crippen molar-refractivity contribution in [2.75, 3.05) is 6.54 Å². The molecule has 1 atom stereocenters. The summed E-state index contributed by atoms with van der Waals surface area (Å²) in [6.45, 7) is 4.64. The smallest absolute Gasteiger partial charge is 0.225 e. The van der Waals surface area contributed by atoms with Gasteiger partial charge in [-0.15, -0.1) is 0 Å². The molecule has 0 N–H and O–H groups in total. The van der Waals surface area contributed by atoms with Gasteiger partial charge in [-0.1, -0.05) is 42.4 Å². The predicted molar refractivity (Wildman–Crippen MR) is 88.8 cm³/mol. The van der Waals surface area contributed by atoms with Gasteiger partial charge in [0, 0.05) is 11.5 Å². The zero-order valence-electron chi connectivity index (χ0n) is 12.9. The van der Waals surface area contributed by atoms with Gasteiger partial charge in [0.15, 0.2) is 0 Å². The minimum absolute atomic E-state index is 0.0593. The number of carbonyl (C=O) groups excluding carboxylic acids is 1. The van der Waals surface area contributed by atoms with Crippen LogP contribution in [-0.4, -0.2) is 32.1 Å². The van der Waals surface area contributed by atoms with Crippen LogP contribution in [0.15, 0.2) is 48.5 Å². The second-order valence-corrected chi connectivity index (χ2v) is 6.24. The van der Waals surface area contributed by atoms with Gasteiger partial charge in [0.25, 0.3) is 0 Å². The van der Waals surface area contributed by atoms with Crippen LogP contribution in [0.5, 0.6) is 0 Å². The van der Waals surface area contributed by atoms with E-state index in [4.69, 9.17) is 11.6 Å². The third-order valence-corrected chi connectivity index (χ3v) is 4.28. The summed E-state index contributed by atoms with van der Waals surface area (Å²) in [5.41, 5.74) is 2.53. The molecule has 1 heterocycles. The van der Waals surface area contributed by atoms with Crippen molar-refractivity contribution in [2.45, 2.75) is 31.8 Å². The molecule has 0 bridgehead atoms. The quantitative estimate of drug-likeness (QED) is 0.818. The van der Waals surface area contributed by atoms with Crippen molar-refractivity contribution in [2.24, 2.45) is 0 Å². The molecule has 3 rings (SSSR count). The van der Waals surface area contributed by atoms with Crippen LogP contribution >= 0.6 is 11.6 Å². The highest BCUT2D eigenvalue weighted by Gasteiger charge is 2.30. The van der Waals surface area contributed by atoms with E-state index in [2.05, 4.69) is 28.8 Å². The number of carbonyl (C=O) groups is 1. The minimum atomic E-state index is 0.0593. The molecule has 1 aromatic heterocycles. The maximum absolute atomic E-state index is 12.7. The molecule has 5 nitrogen and oxygen atoms in total. The van der Waals surface area contributed by atoms with Crippen LogP contribution in [0, 0.1) is 0 Å². The van der Waals surface area contributed by atoms with E-state index in [0.717, 1.165) is 12.8 Å². The van der Waals surface area contributed by atoms with Crippen LogP contribution in [-0.2, 0) is 17.8 Å². The molecular formula is C17H19ClN4O. The van der Waals surface area contributed by atoms with Gasteiger partial charge in [-0.3, -0.25) is 9.48 Å². The first-order valence-electron chi connectivity index (χ1n) is 7.68. The highest BCUT2D eigenvalue weighted by atomic mass is 35.5. The Morgan fingerprint density at radius 2 is 2.26 bits per heavy atom. The molecule has 23 heavy (non-hydrogen) atoms. The van der Waals surface area contributed by atoms with Crippen molar-refractivity contribution in [3.63, 3.8) is 0 Å². The molecule has 0 aliphatic heterocycles. The first-order chi connectivity index (χ1) is 11.1. The van der Waals surface area contributed by atoms with Crippen molar-refractivity contribution >= 4 is 17.5 Å². The number of amides is 1. The number of hydrogen-bond acceptors (Lipinski definition) is 3. The SMILES string of the molecule is C=C(Cl)CN(C(=O)CCn1cncn1)C1CCc2ccccc21. The average Bonchev–Trinajstić information content (AvgIpc) is 3.19. The number of hydrogen-bond donors (Lipinski definition) is 0. The normalized spacial score (nSPS) is 16.1. The Morgan fingerprint density at radius 3 is 3.00 bits per heavy atom. The van der Waals surface area contributed by atoms with E-state index in [9.17, 15) is 4.79 Å². The molecule has 1 aromatic carbocycles. The molecule has 2 aromatic rings. The summed E-state index contributed by atoms with van der Waals surface area (Å²) >= 11 is 6.01. The average molecular weight is 331 g/mol. The minimum Gasteiger partial charge on any atom is -0.330 e. The van der Waals surface area contributed by atoms with Crippen molar-refractivity contribution in [3.8, 4) is 0 Å². The largest absolute Gasteiger partial charge is 0.330 e. The van der Waals surface area contributed by atoms with E-state index in [1.807, 2.05) is 17.0 Å². The summed E-state index contributed by atoms with van der Waals surface area (Å²) in [6.07, 6.45) is 5.37. The van der Waals surface area contributed by atoms with Crippen molar-refractivity contribution in [3.05, 3.63) is 59.7 Å². The Balaban J connectivity index is 1.75. The van der Waals surface area contributed by atoms with Crippen molar-refractivity contribution in [1.29, 1.82) is 0 Å². The third kappa shape index (κ3) is 3.62. The first kappa shape index (κ1) is 15.7. The molecule has 0 saturated carbocycles. The first-order valence-corrected chi connectivity index (χ1v) is 8.06. The monoisotopic (exact) mass is 330 g/mol. The van der Waals surface area contributed by atoms with Crippen LogP contribution in [0.1, 0.15) is 30.0 Å². The number of aromatic nitrogens is 3. The summed E-state index contributed by atoms with van der Waals surface area (Å²) in [5.74, 6) is 0.0593. The molecule has 1 aliphatic carbocycles. The molecule has 1 unspecified atom stereocenters. The Morgan fingerprint density at radius 1 is 1.43 bits per heavy atom. The van der Waals surface area contributed by atoms with Gasteiger partial charge in [0.2, 0.25) is 5.91 Å². The van der Waals surface area contributed by atoms with Crippen molar-refractivity contribution < 1.29 is 4.79 Å². The fourth-order valence-corrected chi connectivity index (χ4v) is 3.25. The van der Waals surface area contributed by atoms with E-state index >= 15 is 0 Å². The van der Waals surface area contributed by atoms with Crippen LogP contribution < -0.4 is 0 Å². The zero-order chi connectivity index (χ0) is 16.2. The lowest BCUT2D eigenvalue weighted by molar-refractivity contribution is -0.133. The molecule has 6 heteroatoms. The lowest BCUT2D eigenvalue weighted by Crippen LogP contribution is -2.35. The predicted octanol–water partition coefficient (Wildman–Crippen LogP) is 2.94. The van der Waals surface area contributed by atoms with Gasteiger partial charge in [-0.25, -0.2) is 4.98 Å². The molecule has 0 saturated heterocycles. The standard InChI is InChI=1S/C17H19ClN4O/c1-13(18)10-22(17(23)8-9-21-12-19-11-20-21)16-7-6-14-4-2-3-5-15(14)16/h2-5,11-12,16H,1,6-10H2. The van der Waals surface area contributed by atoms with E-state index in [0.29, 0.717) is 24.5 Å². The van der Waals surface area contributed by atoms with Crippen LogP contribution in [0.2, 0.25) is 0 Å². The van der Waals surface area contributed by atoms with E-state index in [-0.39, 0.29) is 11.9 Å². The molecule has 0 spiro atoms. The van der Waals surface area contributed by atoms with Crippen LogP contribution in [0.4, 0.5) is 0 Å².